The number of hydrogen-bond donors (Lipinski definition) is 0. The van der Waals surface area contributed by atoms with Gasteiger partial charge in [0.05, 0.1) is 30.5 Å². The minimum atomic E-state index is -0.557. The average Bonchev–Trinajstić information content (AvgIpc) is 3.16. The summed E-state index contributed by atoms with van der Waals surface area (Å²) >= 11 is 0. The zero-order valence-electron chi connectivity index (χ0n) is 15.1. The molecule has 0 fully saturated rings. The predicted octanol–water partition coefficient (Wildman–Crippen LogP) is 3.47. The molecule has 1 amide bonds. The van der Waals surface area contributed by atoms with Crippen LogP contribution in [-0.2, 0) is 17.7 Å². The minimum Gasteiger partial charge on any atom is -0.465 e. The molecule has 0 atom stereocenters. The summed E-state index contributed by atoms with van der Waals surface area (Å²) in [6.45, 7) is 0.747. The van der Waals surface area contributed by atoms with Crippen LogP contribution in [-0.4, -0.2) is 35.6 Å². The molecule has 4 rings (SSSR count). The second-order valence-corrected chi connectivity index (χ2v) is 6.46. The van der Waals surface area contributed by atoms with Gasteiger partial charge in [0.2, 0.25) is 0 Å². The molecular formula is C21H17FN2O4. The van der Waals surface area contributed by atoms with Crippen LogP contribution in [0.1, 0.15) is 32.0 Å². The quantitative estimate of drug-likeness (QED) is 0.651. The lowest BCUT2D eigenvalue weighted by atomic mass is 10.00. The van der Waals surface area contributed by atoms with Crippen molar-refractivity contribution in [1.82, 2.24) is 10.1 Å². The van der Waals surface area contributed by atoms with Crippen molar-refractivity contribution < 1.29 is 23.2 Å². The predicted molar refractivity (Wildman–Crippen MR) is 98.1 cm³/mol. The minimum absolute atomic E-state index is 0.227. The number of esters is 1. The number of halogens is 1. The molecule has 0 bridgehead atoms. The van der Waals surface area contributed by atoms with Gasteiger partial charge in [-0.1, -0.05) is 17.3 Å². The molecule has 2 aromatic carbocycles. The fourth-order valence-corrected chi connectivity index (χ4v) is 3.34. The van der Waals surface area contributed by atoms with Crippen LogP contribution in [0.5, 0.6) is 0 Å². The Kier molecular flexibility index (Phi) is 4.65. The Morgan fingerprint density at radius 2 is 1.82 bits per heavy atom. The zero-order chi connectivity index (χ0) is 19.7. The summed E-state index contributed by atoms with van der Waals surface area (Å²) < 4.78 is 23.5. The van der Waals surface area contributed by atoms with Crippen LogP contribution in [0.15, 0.2) is 53.1 Å². The number of benzene rings is 2. The standard InChI is InChI=1S/C21H17FN2O4/c1-27-21(26)16-5-3-2-4-15(16)20(25)24-11-10-18-17(12-24)19(28-23-18)13-6-8-14(22)9-7-13/h2-9H,10-12H2,1H3. The van der Waals surface area contributed by atoms with Crippen LogP contribution >= 0.6 is 0 Å². The zero-order valence-corrected chi connectivity index (χ0v) is 15.1. The second kappa shape index (κ2) is 7.26. The molecule has 28 heavy (non-hydrogen) atoms. The number of nitrogens with zero attached hydrogens (tertiary/aromatic N) is 2. The van der Waals surface area contributed by atoms with Crippen molar-refractivity contribution in [2.45, 2.75) is 13.0 Å². The third-order valence-corrected chi connectivity index (χ3v) is 4.79. The van der Waals surface area contributed by atoms with Gasteiger partial charge in [0.25, 0.3) is 5.91 Å². The van der Waals surface area contributed by atoms with E-state index in [1.807, 2.05) is 0 Å². The van der Waals surface area contributed by atoms with Gasteiger partial charge in [-0.05, 0) is 36.4 Å². The number of methoxy groups -OCH3 is 1. The van der Waals surface area contributed by atoms with Crippen molar-refractivity contribution in [1.29, 1.82) is 0 Å². The lowest BCUT2D eigenvalue weighted by molar-refractivity contribution is 0.0588. The third kappa shape index (κ3) is 3.15. The Morgan fingerprint density at radius 3 is 2.54 bits per heavy atom. The lowest BCUT2D eigenvalue weighted by Gasteiger charge is -2.27. The highest BCUT2D eigenvalue weighted by Gasteiger charge is 2.29. The van der Waals surface area contributed by atoms with E-state index in [0.717, 1.165) is 11.3 Å². The molecule has 1 aromatic heterocycles. The van der Waals surface area contributed by atoms with Crippen LogP contribution in [0.4, 0.5) is 4.39 Å². The van der Waals surface area contributed by atoms with E-state index < -0.39 is 5.97 Å². The summed E-state index contributed by atoms with van der Waals surface area (Å²) in [4.78, 5) is 26.7. The molecule has 0 aliphatic carbocycles. The molecule has 0 saturated carbocycles. The largest absolute Gasteiger partial charge is 0.465 e. The van der Waals surface area contributed by atoms with Crippen molar-refractivity contribution in [3.05, 3.63) is 76.7 Å². The number of aromatic nitrogens is 1. The highest BCUT2D eigenvalue weighted by Crippen LogP contribution is 2.31. The molecule has 0 spiro atoms. The second-order valence-electron chi connectivity index (χ2n) is 6.46. The van der Waals surface area contributed by atoms with Gasteiger partial charge < -0.3 is 14.2 Å². The van der Waals surface area contributed by atoms with Crippen LogP contribution in [0.3, 0.4) is 0 Å². The Hall–Kier alpha value is -3.48. The van der Waals surface area contributed by atoms with Crippen LogP contribution < -0.4 is 0 Å². The Morgan fingerprint density at radius 1 is 1.11 bits per heavy atom. The molecule has 7 heteroatoms. The lowest BCUT2D eigenvalue weighted by Crippen LogP contribution is -2.36. The first-order chi connectivity index (χ1) is 13.6. The van der Waals surface area contributed by atoms with Gasteiger partial charge >= 0.3 is 5.97 Å². The fourth-order valence-electron chi connectivity index (χ4n) is 3.34. The summed E-state index contributed by atoms with van der Waals surface area (Å²) in [5, 5.41) is 4.10. The highest BCUT2D eigenvalue weighted by atomic mass is 19.1. The molecule has 0 radical (unpaired) electrons. The molecular weight excluding hydrogens is 363 g/mol. The molecule has 6 nitrogen and oxygen atoms in total. The van der Waals surface area contributed by atoms with Gasteiger partial charge in [-0.25, -0.2) is 9.18 Å². The van der Waals surface area contributed by atoms with Gasteiger partial charge in [0, 0.05) is 24.1 Å². The summed E-state index contributed by atoms with van der Waals surface area (Å²) in [5.74, 6) is -0.640. The van der Waals surface area contributed by atoms with E-state index in [0.29, 0.717) is 30.8 Å². The molecule has 3 aromatic rings. The topological polar surface area (TPSA) is 72.6 Å². The molecule has 142 valence electrons. The first-order valence-corrected chi connectivity index (χ1v) is 8.78. The van der Waals surface area contributed by atoms with E-state index in [1.54, 1.807) is 41.3 Å². The average molecular weight is 380 g/mol. The molecule has 0 unspecified atom stereocenters. The monoisotopic (exact) mass is 380 g/mol. The highest BCUT2D eigenvalue weighted by molar-refractivity contribution is 6.05. The smallest absolute Gasteiger partial charge is 0.338 e. The maximum atomic E-state index is 13.2. The SMILES string of the molecule is COC(=O)c1ccccc1C(=O)N1CCc2noc(-c3ccc(F)cc3)c2C1. The van der Waals surface area contributed by atoms with E-state index in [2.05, 4.69) is 5.16 Å². The van der Waals surface area contributed by atoms with Gasteiger partial charge in [-0.15, -0.1) is 0 Å². The Bertz CT molecular complexity index is 1040. The van der Waals surface area contributed by atoms with Crippen molar-refractivity contribution in [2.75, 3.05) is 13.7 Å². The summed E-state index contributed by atoms with van der Waals surface area (Å²) in [7, 11) is 1.28. The maximum Gasteiger partial charge on any atom is 0.338 e. The van der Waals surface area contributed by atoms with E-state index in [4.69, 9.17) is 9.26 Å². The number of carbonyl (C=O) groups excluding carboxylic acids is 2. The van der Waals surface area contributed by atoms with Crippen LogP contribution in [0, 0.1) is 5.82 Å². The molecule has 2 heterocycles. The van der Waals surface area contributed by atoms with Gasteiger partial charge in [-0.3, -0.25) is 4.79 Å². The van der Waals surface area contributed by atoms with E-state index in [9.17, 15) is 14.0 Å². The first-order valence-electron chi connectivity index (χ1n) is 8.78. The van der Waals surface area contributed by atoms with Gasteiger partial charge in [0.15, 0.2) is 5.76 Å². The number of rotatable bonds is 3. The van der Waals surface area contributed by atoms with Crippen LogP contribution in [0.25, 0.3) is 11.3 Å². The van der Waals surface area contributed by atoms with Crippen molar-refractivity contribution in [3.8, 4) is 11.3 Å². The maximum absolute atomic E-state index is 13.2. The molecule has 1 aliphatic heterocycles. The first kappa shape index (κ1) is 17.9. The van der Waals surface area contributed by atoms with Crippen molar-refractivity contribution >= 4 is 11.9 Å². The van der Waals surface area contributed by atoms with Crippen LogP contribution in [0.2, 0.25) is 0 Å². The molecule has 0 saturated heterocycles. The normalized spacial score (nSPS) is 13.1. The number of ether oxygens (including phenoxy) is 1. The van der Waals surface area contributed by atoms with Crippen molar-refractivity contribution in [3.63, 3.8) is 0 Å². The summed E-state index contributed by atoms with van der Waals surface area (Å²) in [6.07, 6.45) is 0.534. The fraction of sp³-hybridized carbons (Fsp3) is 0.190. The Balaban J connectivity index is 1.65. The molecule has 1 aliphatic rings. The number of carbonyl (C=O) groups is 2. The number of fused-ring (bicyclic) bond motifs is 1. The summed E-state index contributed by atoms with van der Waals surface area (Å²) in [5.41, 5.74) is 2.79. The number of amides is 1. The molecule has 0 N–H and O–H groups in total. The third-order valence-electron chi connectivity index (χ3n) is 4.79. The van der Waals surface area contributed by atoms with E-state index in [1.165, 1.54) is 19.2 Å². The van der Waals surface area contributed by atoms with Crippen molar-refractivity contribution in [2.24, 2.45) is 0 Å². The van der Waals surface area contributed by atoms with E-state index in [-0.39, 0.29) is 22.9 Å². The van der Waals surface area contributed by atoms with Gasteiger partial charge in [0.1, 0.15) is 5.82 Å². The number of hydrogen-bond acceptors (Lipinski definition) is 5. The summed E-state index contributed by atoms with van der Waals surface area (Å²) in [6, 6.07) is 12.5. The van der Waals surface area contributed by atoms with E-state index >= 15 is 0 Å². The Labute approximate surface area is 160 Å². The van der Waals surface area contributed by atoms with Gasteiger partial charge in [-0.2, -0.15) is 0 Å².